The van der Waals surface area contributed by atoms with Crippen LogP contribution in [0.25, 0.3) is 11.5 Å². The van der Waals surface area contributed by atoms with Crippen molar-refractivity contribution < 1.29 is 41.4 Å². The second kappa shape index (κ2) is 8.76. The molecule has 0 aliphatic carbocycles. The number of hydrogen-bond donors (Lipinski definition) is 1. The van der Waals surface area contributed by atoms with Gasteiger partial charge in [-0.25, -0.2) is 14.2 Å². The molecular formula is C23H21F4NO5. The molecule has 0 bridgehead atoms. The van der Waals surface area contributed by atoms with Crippen LogP contribution in [0.5, 0.6) is 11.5 Å². The average Bonchev–Trinajstić information content (AvgIpc) is 3.08. The molecule has 0 aliphatic rings. The molecule has 176 valence electrons. The standard InChI is InChI=1S/C23H21F4NO5/c1-12-5-7-15(10-18(12)33-22(3,4)21(29)30)31-11-19-13(2)28-20(32-19)14-6-8-16(17(24)9-14)23(25,26)27/h5-10H,11H2,1-4H3,(H,29,30). The Morgan fingerprint density at radius 3 is 2.42 bits per heavy atom. The van der Waals surface area contributed by atoms with Crippen molar-refractivity contribution in [3.05, 3.63) is 64.8 Å². The molecule has 3 rings (SSSR count). The molecular weight excluding hydrogens is 446 g/mol. The Morgan fingerprint density at radius 1 is 1.12 bits per heavy atom. The third-order valence-corrected chi connectivity index (χ3v) is 4.82. The number of hydrogen-bond acceptors (Lipinski definition) is 5. The fourth-order valence-corrected chi connectivity index (χ4v) is 2.81. The molecule has 6 nitrogen and oxygen atoms in total. The van der Waals surface area contributed by atoms with Gasteiger partial charge in [0.15, 0.2) is 11.4 Å². The van der Waals surface area contributed by atoms with Crippen molar-refractivity contribution in [2.24, 2.45) is 0 Å². The molecule has 0 spiro atoms. The van der Waals surface area contributed by atoms with E-state index in [-0.39, 0.29) is 18.1 Å². The highest BCUT2D eigenvalue weighted by Gasteiger charge is 2.34. The Morgan fingerprint density at radius 2 is 1.82 bits per heavy atom. The molecule has 0 saturated heterocycles. The zero-order chi connectivity index (χ0) is 24.6. The zero-order valence-electron chi connectivity index (χ0n) is 18.2. The minimum absolute atomic E-state index is 0.0464. The van der Waals surface area contributed by atoms with Gasteiger partial charge in [-0.2, -0.15) is 13.2 Å². The summed E-state index contributed by atoms with van der Waals surface area (Å²) in [6.45, 7) is 6.14. The third-order valence-electron chi connectivity index (χ3n) is 4.82. The average molecular weight is 467 g/mol. The summed E-state index contributed by atoms with van der Waals surface area (Å²) in [5.41, 5.74) is -1.64. The summed E-state index contributed by atoms with van der Waals surface area (Å²) in [7, 11) is 0. The van der Waals surface area contributed by atoms with Crippen molar-refractivity contribution in [1.82, 2.24) is 4.98 Å². The van der Waals surface area contributed by atoms with Crippen LogP contribution in [0.1, 0.15) is 36.4 Å². The molecule has 1 aromatic heterocycles. The second-order valence-electron chi connectivity index (χ2n) is 7.85. The highest BCUT2D eigenvalue weighted by Crippen LogP contribution is 2.34. The summed E-state index contributed by atoms with van der Waals surface area (Å²) in [4.78, 5) is 15.5. The van der Waals surface area contributed by atoms with Gasteiger partial charge in [0.05, 0.1) is 11.3 Å². The number of aromatic nitrogens is 1. The highest BCUT2D eigenvalue weighted by molar-refractivity contribution is 5.76. The first kappa shape index (κ1) is 24.1. The number of carboxylic acids is 1. The quantitative estimate of drug-likeness (QED) is 0.433. The second-order valence-corrected chi connectivity index (χ2v) is 7.85. The fraction of sp³-hybridized carbons (Fsp3) is 0.304. The van der Waals surface area contributed by atoms with Gasteiger partial charge in [0.25, 0.3) is 0 Å². The summed E-state index contributed by atoms with van der Waals surface area (Å²) in [5, 5.41) is 9.26. The van der Waals surface area contributed by atoms with E-state index < -0.39 is 29.1 Å². The van der Waals surface area contributed by atoms with Crippen LogP contribution < -0.4 is 9.47 Å². The molecule has 1 N–H and O–H groups in total. The van der Waals surface area contributed by atoms with Crippen LogP contribution in [-0.2, 0) is 17.6 Å². The largest absolute Gasteiger partial charge is 0.485 e. The van der Waals surface area contributed by atoms with E-state index in [2.05, 4.69) is 4.98 Å². The number of rotatable bonds is 7. The topological polar surface area (TPSA) is 81.8 Å². The Bertz CT molecular complexity index is 1180. The molecule has 33 heavy (non-hydrogen) atoms. The van der Waals surface area contributed by atoms with E-state index in [4.69, 9.17) is 13.9 Å². The van der Waals surface area contributed by atoms with Gasteiger partial charge in [0.2, 0.25) is 5.89 Å². The van der Waals surface area contributed by atoms with Gasteiger partial charge in [-0.15, -0.1) is 0 Å². The predicted octanol–water partition coefficient (Wildman–Crippen LogP) is 5.94. The number of carboxylic acid groups (broad SMARTS) is 1. The normalized spacial score (nSPS) is 12.0. The van der Waals surface area contributed by atoms with Crippen LogP contribution in [0.15, 0.2) is 40.8 Å². The predicted molar refractivity (Wildman–Crippen MR) is 109 cm³/mol. The number of ether oxygens (including phenoxy) is 2. The Kier molecular flexibility index (Phi) is 6.40. The van der Waals surface area contributed by atoms with E-state index in [0.29, 0.717) is 40.6 Å². The number of benzene rings is 2. The van der Waals surface area contributed by atoms with Crippen LogP contribution in [0, 0.1) is 19.7 Å². The maximum absolute atomic E-state index is 13.9. The van der Waals surface area contributed by atoms with Crippen LogP contribution in [-0.4, -0.2) is 21.7 Å². The van der Waals surface area contributed by atoms with E-state index >= 15 is 0 Å². The smallest absolute Gasteiger partial charge is 0.419 e. The number of aliphatic carboxylic acids is 1. The monoisotopic (exact) mass is 467 g/mol. The molecule has 10 heteroatoms. The van der Waals surface area contributed by atoms with E-state index in [1.54, 1.807) is 26.0 Å². The number of carbonyl (C=O) groups is 1. The summed E-state index contributed by atoms with van der Waals surface area (Å²) in [6.07, 6.45) is -4.80. The molecule has 0 amide bonds. The summed E-state index contributed by atoms with van der Waals surface area (Å²) in [6, 6.07) is 7.33. The van der Waals surface area contributed by atoms with Gasteiger partial charge in [-0.1, -0.05) is 6.07 Å². The fourth-order valence-electron chi connectivity index (χ4n) is 2.81. The van der Waals surface area contributed by atoms with Crippen molar-refractivity contribution in [2.45, 2.75) is 46.1 Å². The van der Waals surface area contributed by atoms with Crippen molar-refractivity contribution >= 4 is 5.97 Å². The van der Waals surface area contributed by atoms with Crippen LogP contribution in [0.2, 0.25) is 0 Å². The molecule has 0 unspecified atom stereocenters. The number of alkyl halides is 3. The lowest BCUT2D eigenvalue weighted by Crippen LogP contribution is -2.38. The Hall–Kier alpha value is -3.56. The van der Waals surface area contributed by atoms with Crippen LogP contribution >= 0.6 is 0 Å². The minimum atomic E-state index is -4.80. The Balaban J connectivity index is 1.77. The van der Waals surface area contributed by atoms with Gasteiger partial charge in [-0.3, -0.25) is 0 Å². The first-order valence-corrected chi connectivity index (χ1v) is 9.77. The van der Waals surface area contributed by atoms with Crippen molar-refractivity contribution in [3.8, 4) is 23.0 Å². The van der Waals surface area contributed by atoms with E-state index in [9.17, 15) is 27.5 Å². The SMILES string of the molecule is Cc1ccc(OCc2oc(-c3ccc(C(F)(F)F)c(F)c3)nc2C)cc1OC(C)(C)C(=O)O. The third kappa shape index (κ3) is 5.44. The molecule has 0 radical (unpaired) electrons. The molecule has 2 aromatic carbocycles. The van der Waals surface area contributed by atoms with Crippen molar-refractivity contribution in [1.29, 1.82) is 0 Å². The zero-order valence-corrected chi connectivity index (χ0v) is 18.2. The number of halogens is 4. The Labute approximate surface area is 186 Å². The van der Waals surface area contributed by atoms with Crippen molar-refractivity contribution in [2.75, 3.05) is 0 Å². The van der Waals surface area contributed by atoms with Crippen molar-refractivity contribution in [3.63, 3.8) is 0 Å². The first-order valence-electron chi connectivity index (χ1n) is 9.77. The molecule has 3 aromatic rings. The maximum atomic E-state index is 13.9. The van der Waals surface area contributed by atoms with Gasteiger partial charge in [-0.05, 0) is 57.5 Å². The van der Waals surface area contributed by atoms with E-state index in [0.717, 1.165) is 6.07 Å². The summed E-state index contributed by atoms with van der Waals surface area (Å²) < 4.78 is 69.0. The molecule has 0 aliphatic heterocycles. The molecule has 0 saturated carbocycles. The molecule has 0 fully saturated rings. The van der Waals surface area contributed by atoms with Gasteiger partial charge < -0.3 is 19.0 Å². The summed E-state index contributed by atoms with van der Waals surface area (Å²) >= 11 is 0. The van der Waals surface area contributed by atoms with Crippen LogP contribution in [0.4, 0.5) is 17.6 Å². The number of oxazole rings is 1. The van der Waals surface area contributed by atoms with Gasteiger partial charge in [0.1, 0.15) is 23.9 Å². The highest BCUT2D eigenvalue weighted by atomic mass is 19.4. The minimum Gasteiger partial charge on any atom is -0.485 e. The number of nitrogens with zero attached hydrogens (tertiary/aromatic N) is 1. The summed E-state index contributed by atoms with van der Waals surface area (Å²) in [5.74, 6) is -1.61. The van der Waals surface area contributed by atoms with E-state index in [1.165, 1.54) is 19.9 Å². The van der Waals surface area contributed by atoms with Gasteiger partial charge >= 0.3 is 12.1 Å². The van der Waals surface area contributed by atoms with Crippen LogP contribution in [0.3, 0.4) is 0 Å². The lowest BCUT2D eigenvalue weighted by atomic mass is 10.1. The lowest BCUT2D eigenvalue weighted by Gasteiger charge is -2.23. The first-order chi connectivity index (χ1) is 15.3. The lowest BCUT2D eigenvalue weighted by molar-refractivity contribution is -0.152. The van der Waals surface area contributed by atoms with E-state index in [1.807, 2.05) is 0 Å². The number of aryl methyl sites for hydroxylation is 2. The maximum Gasteiger partial charge on any atom is 0.419 e. The molecule has 1 heterocycles. The van der Waals surface area contributed by atoms with Gasteiger partial charge in [0, 0.05) is 11.6 Å². The molecule has 0 atom stereocenters.